The Kier molecular flexibility index (Phi) is 6.84. The van der Waals surface area contributed by atoms with Gasteiger partial charge in [-0.2, -0.15) is 0 Å². The SMILES string of the molecule is CCCS(=O)(=O)N1CCCN(C(=O)Cc2cc(C)ccc2OC)CC1. The van der Waals surface area contributed by atoms with Crippen LogP contribution in [0.2, 0.25) is 0 Å². The van der Waals surface area contributed by atoms with Gasteiger partial charge in [0.15, 0.2) is 0 Å². The maximum absolute atomic E-state index is 12.7. The smallest absolute Gasteiger partial charge is 0.227 e. The van der Waals surface area contributed by atoms with Crippen molar-refractivity contribution in [1.29, 1.82) is 0 Å². The van der Waals surface area contributed by atoms with Crippen LogP contribution < -0.4 is 4.74 Å². The Labute approximate surface area is 150 Å². The molecule has 0 bridgehead atoms. The molecule has 0 unspecified atom stereocenters. The summed E-state index contributed by atoms with van der Waals surface area (Å²) in [5, 5.41) is 0. The second-order valence-electron chi connectivity index (χ2n) is 6.44. The fraction of sp³-hybridized carbons (Fsp3) is 0.611. The highest BCUT2D eigenvalue weighted by atomic mass is 32.2. The van der Waals surface area contributed by atoms with Crippen molar-refractivity contribution >= 4 is 15.9 Å². The van der Waals surface area contributed by atoms with Crippen molar-refractivity contribution in [2.75, 3.05) is 39.0 Å². The summed E-state index contributed by atoms with van der Waals surface area (Å²) in [7, 11) is -1.61. The van der Waals surface area contributed by atoms with E-state index in [0.29, 0.717) is 44.8 Å². The van der Waals surface area contributed by atoms with Crippen LogP contribution in [0.25, 0.3) is 0 Å². The minimum Gasteiger partial charge on any atom is -0.496 e. The average Bonchev–Trinajstić information content (AvgIpc) is 2.81. The van der Waals surface area contributed by atoms with Crippen molar-refractivity contribution in [1.82, 2.24) is 9.21 Å². The van der Waals surface area contributed by atoms with E-state index in [1.54, 1.807) is 12.0 Å². The maximum atomic E-state index is 12.7. The molecule has 0 N–H and O–H groups in total. The number of hydrogen-bond donors (Lipinski definition) is 0. The Hall–Kier alpha value is -1.60. The summed E-state index contributed by atoms with van der Waals surface area (Å²) in [6, 6.07) is 5.79. The van der Waals surface area contributed by atoms with E-state index >= 15 is 0 Å². The van der Waals surface area contributed by atoms with E-state index in [1.165, 1.54) is 4.31 Å². The van der Waals surface area contributed by atoms with Gasteiger partial charge in [-0.1, -0.05) is 24.6 Å². The van der Waals surface area contributed by atoms with E-state index in [0.717, 1.165) is 11.1 Å². The van der Waals surface area contributed by atoms with Gasteiger partial charge in [0.1, 0.15) is 5.75 Å². The summed E-state index contributed by atoms with van der Waals surface area (Å²) < 4.78 is 31.3. The minimum absolute atomic E-state index is 0.0126. The van der Waals surface area contributed by atoms with Gasteiger partial charge in [0.25, 0.3) is 0 Å². The monoisotopic (exact) mass is 368 g/mol. The molecule has 1 saturated heterocycles. The van der Waals surface area contributed by atoms with Gasteiger partial charge in [-0.05, 0) is 25.8 Å². The van der Waals surface area contributed by atoms with Crippen molar-refractivity contribution < 1.29 is 17.9 Å². The van der Waals surface area contributed by atoms with Crippen LogP contribution in [0.3, 0.4) is 0 Å². The number of aryl methyl sites for hydroxylation is 1. The van der Waals surface area contributed by atoms with Gasteiger partial charge >= 0.3 is 0 Å². The number of amides is 1. The van der Waals surface area contributed by atoms with E-state index in [2.05, 4.69) is 0 Å². The molecule has 6 nitrogen and oxygen atoms in total. The lowest BCUT2D eigenvalue weighted by molar-refractivity contribution is -0.130. The molecule has 25 heavy (non-hydrogen) atoms. The molecular formula is C18H28N2O4S. The number of methoxy groups -OCH3 is 1. The van der Waals surface area contributed by atoms with Crippen LogP contribution in [0.1, 0.15) is 30.9 Å². The van der Waals surface area contributed by atoms with E-state index in [9.17, 15) is 13.2 Å². The number of hydrogen-bond acceptors (Lipinski definition) is 4. The Morgan fingerprint density at radius 2 is 1.96 bits per heavy atom. The number of carbonyl (C=O) groups excluding carboxylic acids is 1. The van der Waals surface area contributed by atoms with Crippen LogP contribution in [0, 0.1) is 6.92 Å². The molecule has 2 rings (SSSR count). The van der Waals surface area contributed by atoms with E-state index in [-0.39, 0.29) is 18.1 Å². The molecule has 0 aliphatic carbocycles. The molecule has 1 amide bonds. The summed E-state index contributed by atoms with van der Waals surface area (Å²) in [5.74, 6) is 0.890. The molecule has 1 fully saturated rings. The molecule has 0 radical (unpaired) electrons. The molecular weight excluding hydrogens is 340 g/mol. The van der Waals surface area contributed by atoms with Gasteiger partial charge in [0, 0.05) is 31.7 Å². The zero-order chi connectivity index (χ0) is 18.4. The Balaban J connectivity index is 2.03. The molecule has 1 aromatic rings. The number of benzene rings is 1. The summed E-state index contributed by atoms with van der Waals surface area (Å²) in [4.78, 5) is 14.5. The zero-order valence-electron chi connectivity index (χ0n) is 15.3. The molecule has 0 saturated carbocycles. The Morgan fingerprint density at radius 3 is 2.64 bits per heavy atom. The first kappa shape index (κ1) is 19.7. The summed E-state index contributed by atoms with van der Waals surface area (Å²) >= 11 is 0. The second kappa shape index (κ2) is 8.67. The highest BCUT2D eigenvalue weighted by Gasteiger charge is 2.26. The van der Waals surface area contributed by atoms with Gasteiger partial charge in [-0.15, -0.1) is 0 Å². The van der Waals surface area contributed by atoms with Crippen LogP contribution in [0.4, 0.5) is 0 Å². The summed E-state index contributed by atoms with van der Waals surface area (Å²) in [5.41, 5.74) is 1.95. The third kappa shape index (κ3) is 5.19. The number of nitrogens with zero attached hydrogens (tertiary/aromatic N) is 2. The van der Waals surface area contributed by atoms with Gasteiger partial charge in [-0.25, -0.2) is 12.7 Å². The van der Waals surface area contributed by atoms with E-state index < -0.39 is 10.0 Å². The molecule has 140 valence electrons. The van der Waals surface area contributed by atoms with Crippen LogP contribution in [-0.4, -0.2) is 62.6 Å². The van der Waals surface area contributed by atoms with Gasteiger partial charge in [0.2, 0.25) is 15.9 Å². The normalized spacial score (nSPS) is 16.5. The lowest BCUT2D eigenvalue weighted by Gasteiger charge is -2.22. The number of carbonyl (C=O) groups is 1. The molecule has 0 atom stereocenters. The first-order valence-corrected chi connectivity index (χ1v) is 10.4. The highest BCUT2D eigenvalue weighted by molar-refractivity contribution is 7.89. The lowest BCUT2D eigenvalue weighted by atomic mass is 10.1. The number of rotatable bonds is 6. The van der Waals surface area contributed by atoms with Crippen molar-refractivity contribution in [3.05, 3.63) is 29.3 Å². The minimum atomic E-state index is -3.21. The largest absolute Gasteiger partial charge is 0.496 e. The van der Waals surface area contributed by atoms with Gasteiger partial charge < -0.3 is 9.64 Å². The molecule has 1 heterocycles. The standard InChI is InChI=1S/C18H28N2O4S/c1-4-12-25(22,23)20-9-5-8-19(10-11-20)18(21)14-16-13-15(2)6-7-17(16)24-3/h6-7,13H,4-5,8-12,14H2,1-3H3. The quantitative estimate of drug-likeness (QED) is 0.768. The predicted molar refractivity (Wildman–Crippen MR) is 98.3 cm³/mol. The molecule has 1 aromatic carbocycles. The van der Waals surface area contributed by atoms with Crippen LogP contribution >= 0.6 is 0 Å². The molecule has 0 aromatic heterocycles. The van der Waals surface area contributed by atoms with Crippen molar-refractivity contribution in [2.45, 2.75) is 33.1 Å². The lowest BCUT2D eigenvalue weighted by Crippen LogP contribution is -2.38. The van der Waals surface area contributed by atoms with Crippen molar-refractivity contribution in [2.24, 2.45) is 0 Å². The van der Waals surface area contributed by atoms with Crippen LogP contribution in [0.15, 0.2) is 18.2 Å². The van der Waals surface area contributed by atoms with Crippen molar-refractivity contribution in [3.8, 4) is 5.75 Å². The Bertz CT molecular complexity index is 703. The third-order valence-corrected chi connectivity index (χ3v) is 6.52. The highest BCUT2D eigenvalue weighted by Crippen LogP contribution is 2.21. The summed E-state index contributed by atoms with van der Waals surface area (Å²) in [6.07, 6.45) is 1.54. The molecule has 1 aliphatic heterocycles. The fourth-order valence-electron chi connectivity index (χ4n) is 3.13. The third-order valence-electron chi connectivity index (χ3n) is 4.44. The molecule has 7 heteroatoms. The van der Waals surface area contributed by atoms with Crippen molar-refractivity contribution in [3.63, 3.8) is 0 Å². The van der Waals surface area contributed by atoms with Crippen LogP contribution in [-0.2, 0) is 21.2 Å². The molecule has 0 spiro atoms. The number of ether oxygens (including phenoxy) is 1. The van der Waals surface area contributed by atoms with E-state index in [1.807, 2.05) is 32.0 Å². The summed E-state index contributed by atoms with van der Waals surface area (Å²) in [6.45, 7) is 5.73. The van der Waals surface area contributed by atoms with Gasteiger partial charge in [-0.3, -0.25) is 4.79 Å². The fourth-order valence-corrected chi connectivity index (χ4v) is 4.67. The first-order valence-electron chi connectivity index (χ1n) is 8.76. The zero-order valence-corrected chi connectivity index (χ0v) is 16.1. The second-order valence-corrected chi connectivity index (χ2v) is 8.53. The predicted octanol–water partition coefficient (Wildman–Crippen LogP) is 1.82. The first-order chi connectivity index (χ1) is 11.9. The maximum Gasteiger partial charge on any atom is 0.227 e. The Morgan fingerprint density at radius 1 is 1.20 bits per heavy atom. The van der Waals surface area contributed by atoms with Gasteiger partial charge in [0.05, 0.1) is 19.3 Å². The molecule has 1 aliphatic rings. The van der Waals surface area contributed by atoms with Crippen LogP contribution in [0.5, 0.6) is 5.75 Å². The number of sulfonamides is 1. The average molecular weight is 368 g/mol. The topological polar surface area (TPSA) is 66.9 Å². The van der Waals surface area contributed by atoms with E-state index in [4.69, 9.17) is 4.74 Å².